The van der Waals surface area contributed by atoms with Crippen LogP contribution in [-0.4, -0.2) is 18.2 Å². The summed E-state index contributed by atoms with van der Waals surface area (Å²) >= 11 is 6.12. The molecule has 3 aromatic rings. The summed E-state index contributed by atoms with van der Waals surface area (Å²) in [7, 11) is 0. The maximum absolute atomic E-state index is 13.9. The number of phenolic OH excluding ortho intramolecular Hbond substituents is 1. The lowest BCUT2D eigenvalue weighted by atomic mass is 10.1. The van der Waals surface area contributed by atoms with Gasteiger partial charge in [-0.15, -0.1) is 0 Å². The number of hydrogen-bond donors (Lipinski definition) is 2. The SMILES string of the molecule is CC[NH+](CC)Cc1c(O)ccc2c(=O)c(Oc3cc(C)c(Cl)c(C)c3)c(C(F)(F)F)oc12. The molecule has 0 aliphatic carbocycles. The number of aromatic hydroxyl groups is 1. The Morgan fingerprint density at radius 2 is 1.72 bits per heavy atom. The van der Waals surface area contributed by atoms with Crippen LogP contribution in [0.5, 0.6) is 17.2 Å². The van der Waals surface area contributed by atoms with Gasteiger partial charge < -0.3 is 19.2 Å². The molecule has 5 nitrogen and oxygen atoms in total. The van der Waals surface area contributed by atoms with E-state index in [1.54, 1.807) is 13.8 Å². The number of halogens is 4. The zero-order chi connectivity index (χ0) is 23.8. The van der Waals surface area contributed by atoms with Gasteiger partial charge in [0.05, 0.1) is 24.0 Å². The maximum atomic E-state index is 13.9. The van der Waals surface area contributed by atoms with E-state index >= 15 is 0 Å². The lowest BCUT2D eigenvalue weighted by Gasteiger charge is -2.18. The number of nitrogens with one attached hydrogen (secondary N) is 1. The number of fused-ring (bicyclic) bond motifs is 1. The number of benzene rings is 2. The Bertz CT molecular complexity index is 1190. The molecule has 2 N–H and O–H groups in total. The van der Waals surface area contributed by atoms with Crippen molar-refractivity contribution in [2.24, 2.45) is 0 Å². The Kier molecular flexibility index (Phi) is 6.76. The standard InChI is InChI=1S/C23H23ClF3NO4/c1-5-28(6-2)11-16-17(29)8-7-15-19(30)21(22(23(25,26)27)32-20(15)16)31-14-9-12(3)18(24)13(4)10-14/h7-10,29H,5-6,11H2,1-4H3/p+1. The molecule has 0 aliphatic rings. The average molecular weight is 471 g/mol. The minimum atomic E-state index is -5.00. The van der Waals surface area contributed by atoms with Crippen molar-refractivity contribution in [1.29, 1.82) is 0 Å². The molecule has 0 saturated heterocycles. The molecule has 0 bridgehead atoms. The van der Waals surface area contributed by atoms with Gasteiger partial charge in [-0.1, -0.05) is 11.6 Å². The van der Waals surface area contributed by atoms with E-state index in [0.29, 0.717) is 29.2 Å². The molecule has 0 saturated carbocycles. The molecule has 32 heavy (non-hydrogen) atoms. The Morgan fingerprint density at radius 1 is 1.12 bits per heavy atom. The van der Waals surface area contributed by atoms with Crippen molar-refractivity contribution >= 4 is 22.6 Å². The number of phenols is 1. The predicted octanol–water partition coefficient (Wildman–Crippen LogP) is 5.00. The first kappa shape index (κ1) is 23.9. The topological polar surface area (TPSA) is 64.1 Å². The van der Waals surface area contributed by atoms with Crippen LogP contribution in [-0.2, 0) is 12.7 Å². The van der Waals surface area contributed by atoms with E-state index in [4.69, 9.17) is 20.8 Å². The van der Waals surface area contributed by atoms with Crippen LogP contribution in [0, 0.1) is 13.8 Å². The third-order valence-corrected chi connectivity index (χ3v) is 6.01. The van der Waals surface area contributed by atoms with Crippen LogP contribution in [0.25, 0.3) is 11.0 Å². The smallest absolute Gasteiger partial charge is 0.453 e. The fourth-order valence-corrected chi connectivity index (χ4v) is 3.68. The second-order valence-corrected chi connectivity index (χ2v) is 8.01. The van der Waals surface area contributed by atoms with Crippen LogP contribution in [0.3, 0.4) is 0 Å². The van der Waals surface area contributed by atoms with Crippen LogP contribution in [0.4, 0.5) is 13.2 Å². The van der Waals surface area contributed by atoms with E-state index in [1.165, 1.54) is 24.3 Å². The van der Waals surface area contributed by atoms with Crippen molar-refractivity contribution < 1.29 is 32.3 Å². The maximum Gasteiger partial charge on any atom is 0.453 e. The molecule has 172 valence electrons. The van der Waals surface area contributed by atoms with E-state index in [2.05, 4.69) is 0 Å². The van der Waals surface area contributed by atoms with Crippen molar-refractivity contribution in [1.82, 2.24) is 0 Å². The minimum absolute atomic E-state index is 0.0353. The second kappa shape index (κ2) is 9.03. The summed E-state index contributed by atoms with van der Waals surface area (Å²) in [4.78, 5) is 14.1. The number of aryl methyl sites for hydroxylation is 2. The quantitative estimate of drug-likeness (QED) is 0.532. The van der Waals surface area contributed by atoms with Gasteiger partial charge in [0, 0.05) is 5.02 Å². The van der Waals surface area contributed by atoms with Crippen molar-refractivity contribution in [2.75, 3.05) is 13.1 Å². The van der Waals surface area contributed by atoms with Gasteiger partial charge in [0.2, 0.25) is 11.2 Å². The van der Waals surface area contributed by atoms with Gasteiger partial charge in [0.1, 0.15) is 18.0 Å². The summed E-state index contributed by atoms with van der Waals surface area (Å²) in [6.07, 6.45) is -5.00. The summed E-state index contributed by atoms with van der Waals surface area (Å²) in [5.41, 5.74) is 0.0651. The molecule has 0 aliphatic heterocycles. The third kappa shape index (κ3) is 4.56. The predicted molar refractivity (Wildman–Crippen MR) is 116 cm³/mol. The van der Waals surface area contributed by atoms with Gasteiger partial charge in [-0.3, -0.25) is 4.79 Å². The first-order valence-corrected chi connectivity index (χ1v) is 10.5. The van der Waals surface area contributed by atoms with Gasteiger partial charge >= 0.3 is 6.18 Å². The molecule has 0 amide bonds. The fraction of sp³-hybridized carbons (Fsp3) is 0.348. The Morgan fingerprint density at radius 3 is 2.25 bits per heavy atom. The molecular formula is C23H24ClF3NO4+. The van der Waals surface area contributed by atoms with Crippen LogP contribution >= 0.6 is 11.6 Å². The molecule has 0 fully saturated rings. The van der Waals surface area contributed by atoms with E-state index < -0.39 is 23.1 Å². The van der Waals surface area contributed by atoms with Crippen LogP contribution in [0.1, 0.15) is 36.3 Å². The lowest BCUT2D eigenvalue weighted by Crippen LogP contribution is -3.10. The summed E-state index contributed by atoms with van der Waals surface area (Å²) in [6, 6.07) is 5.42. The van der Waals surface area contributed by atoms with E-state index in [-0.39, 0.29) is 34.6 Å². The largest absolute Gasteiger partial charge is 0.507 e. The van der Waals surface area contributed by atoms with E-state index in [1.807, 2.05) is 13.8 Å². The summed E-state index contributed by atoms with van der Waals surface area (Å²) in [5.74, 6) is -2.71. The number of hydrogen-bond acceptors (Lipinski definition) is 4. The molecule has 0 unspecified atom stereocenters. The highest BCUT2D eigenvalue weighted by Gasteiger charge is 2.41. The van der Waals surface area contributed by atoms with Gasteiger partial charge in [-0.25, -0.2) is 0 Å². The first-order valence-electron chi connectivity index (χ1n) is 10.1. The molecule has 0 spiro atoms. The Hall–Kier alpha value is -2.71. The number of rotatable bonds is 6. The zero-order valence-electron chi connectivity index (χ0n) is 18.1. The Balaban J connectivity index is 2.27. The summed E-state index contributed by atoms with van der Waals surface area (Å²) in [6.45, 7) is 8.76. The first-order chi connectivity index (χ1) is 15.0. The molecule has 2 aromatic carbocycles. The van der Waals surface area contributed by atoms with Crippen molar-refractivity contribution in [3.05, 3.63) is 62.0 Å². The molecule has 0 radical (unpaired) electrons. The second-order valence-electron chi connectivity index (χ2n) is 7.63. The highest BCUT2D eigenvalue weighted by Crippen LogP contribution is 2.40. The van der Waals surface area contributed by atoms with Crippen LogP contribution < -0.4 is 15.1 Å². The van der Waals surface area contributed by atoms with Gasteiger partial charge in [0.25, 0.3) is 5.76 Å². The minimum Gasteiger partial charge on any atom is -0.507 e. The van der Waals surface area contributed by atoms with Gasteiger partial charge in [-0.05, 0) is 63.1 Å². The number of alkyl halides is 3. The van der Waals surface area contributed by atoms with Gasteiger partial charge in [0.15, 0.2) is 5.58 Å². The lowest BCUT2D eigenvalue weighted by molar-refractivity contribution is -0.910. The van der Waals surface area contributed by atoms with Crippen molar-refractivity contribution in [3.63, 3.8) is 0 Å². The molecular weight excluding hydrogens is 447 g/mol. The van der Waals surface area contributed by atoms with Crippen molar-refractivity contribution in [2.45, 2.75) is 40.4 Å². The van der Waals surface area contributed by atoms with Crippen LogP contribution in [0.15, 0.2) is 33.5 Å². The third-order valence-electron chi connectivity index (χ3n) is 5.41. The molecule has 1 aromatic heterocycles. The molecule has 0 atom stereocenters. The summed E-state index contributed by atoms with van der Waals surface area (Å²) < 4.78 is 52.4. The number of ether oxygens (including phenoxy) is 1. The van der Waals surface area contributed by atoms with Crippen LogP contribution in [0.2, 0.25) is 5.02 Å². The number of quaternary nitrogens is 1. The fourth-order valence-electron chi connectivity index (χ4n) is 3.57. The van der Waals surface area contributed by atoms with Crippen molar-refractivity contribution in [3.8, 4) is 17.2 Å². The zero-order valence-corrected chi connectivity index (χ0v) is 18.9. The average Bonchev–Trinajstić information content (AvgIpc) is 2.72. The monoisotopic (exact) mass is 470 g/mol. The highest BCUT2D eigenvalue weighted by molar-refractivity contribution is 6.32. The molecule has 9 heteroatoms. The molecule has 1 heterocycles. The summed E-state index contributed by atoms with van der Waals surface area (Å²) in [5, 5.41) is 10.7. The van der Waals surface area contributed by atoms with Gasteiger partial charge in [-0.2, -0.15) is 13.2 Å². The van der Waals surface area contributed by atoms with E-state index in [9.17, 15) is 23.1 Å². The van der Waals surface area contributed by atoms with E-state index in [0.717, 1.165) is 4.90 Å². The highest BCUT2D eigenvalue weighted by atomic mass is 35.5. The Labute approximate surface area is 188 Å². The molecule has 3 rings (SSSR count). The normalized spacial score (nSPS) is 12.0.